The van der Waals surface area contributed by atoms with Crippen LogP contribution in [0.1, 0.15) is 27.2 Å². The molecule has 0 saturated carbocycles. The van der Waals surface area contributed by atoms with E-state index in [9.17, 15) is 14.4 Å². The lowest BCUT2D eigenvalue weighted by atomic mass is 10.00. The van der Waals surface area contributed by atoms with Gasteiger partial charge in [0.25, 0.3) is 5.91 Å². The topological polar surface area (TPSA) is 100 Å². The maximum absolute atomic E-state index is 11.6. The van der Waals surface area contributed by atoms with E-state index in [4.69, 9.17) is 30.5 Å². The standard InChI is InChI=1S/C13H20ClNO7/c1-7-10(20-8(2)16)5-11(21-9(3)17)13(19-4,22-7)15-12(18)6-14/h7,10-11H,5-6H2,1-4H3,(H,15,18)/t7-,10-,11+,13-/m1/s1. The van der Waals surface area contributed by atoms with Crippen LogP contribution in [0.3, 0.4) is 0 Å². The molecule has 1 amide bonds. The van der Waals surface area contributed by atoms with Gasteiger partial charge in [-0.1, -0.05) is 0 Å². The van der Waals surface area contributed by atoms with Gasteiger partial charge in [0, 0.05) is 27.4 Å². The van der Waals surface area contributed by atoms with Crippen LogP contribution >= 0.6 is 11.6 Å². The van der Waals surface area contributed by atoms with E-state index < -0.39 is 42.1 Å². The van der Waals surface area contributed by atoms with Crippen LogP contribution in [0, 0.1) is 0 Å². The van der Waals surface area contributed by atoms with E-state index >= 15 is 0 Å². The molecule has 8 nitrogen and oxygen atoms in total. The number of methoxy groups -OCH3 is 1. The highest BCUT2D eigenvalue weighted by atomic mass is 35.5. The number of hydrogen-bond donors (Lipinski definition) is 1. The molecule has 0 unspecified atom stereocenters. The third-order valence-electron chi connectivity index (χ3n) is 3.12. The summed E-state index contributed by atoms with van der Waals surface area (Å²) in [6.07, 6.45) is -2.12. The van der Waals surface area contributed by atoms with E-state index in [1.54, 1.807) is 6.92 Å². The van der Waals surface area contributed by atoms with Gasteiger partial charge in [0.15, 0.2) is 6.10 Å². The predicted molar refractivity (Wildman–Crippen MR) is 74.9 cm³/mol. The van der Waals surface area contributed by atoms with Crippen LogP contribution in [0.15, 0.2) is 0 Å². The molecular weight excluding hydrogens is 318 g/mol. The Balaban J connectivity index is 3.03. The molecule has 0 radical (unpaired) electrons. The first-order valence-corrected chi connectivity index (χ1v) is 7.22. The average molecular weight is 338 g/mol. The highest BCUT2D eigenvalue weighted by molar-refractivity contribution is 6.27. The molecule has 1 aliphatic rings. The van der Waals surface area contributed by atoms with Gasteiger partial charge in [0.1, 0.15) is 12.0 Å². The highest BCUT2D eigenvalue weighted by Crippen LogP contribution is 2.32. The zero-order chi connectivity index (χ0) is 16.9. The summed E-state index contributed by atoms with van der Waals surface area (Å²) in [5, 5.41) is 2.46. The Kier molecular flexibility index (Phi) is 6.58. The van der Waals surface area contributed by atoms with Crippen molar-refractivity contribution in [3.63, 3.8) is 0 Å². The highest BCUT2D eigenvalue weighted by Gasteiger charge is 2.52. The number of rotatable bonds is 5. The van der Waals surface area contributed by atoms with Gasteiger partial charge in [0.2, 0.25) is 5.91 Å². The van der Waals surface area contributed by atoms with Gasteiger partial charge in [-0.05, 0) is 6.92 Å². The summed E-state index contributed by atoms with van der Waals surface area (Å²) in [4.78, 5) is 34.1. The summed E-state index contributed by atoms with van der Waals surface area (Å²) in [6, 6.07) is 0. The van der Waals surface area contributed by atoms with Gasteiger partial charge in [-0.15, -0.1) is 11.6 Å². The fraction of sp³-hybridized carbons (Fsp3) is 0.769. The quantitative estimate of drug-likeness (QED) is 0.438. The molecule has 1 rings (SSSR count). The molecule has 0 spiro atoms. The van der Waals surface area contributed by atoms with Crippen molar-refractivity contribution in [2.24, 2.45) is 0 Å². The van der Waals surface area contributed by atoms with Crippen molar-refractivity contribution in [2.75, 3.05) is 13.0 Å². The van der Waals surface area contributed by atoms with Gasteiger partial charge in [-0.25, -0.2) is 0 Å². The number of halogens is 1. The van der Waals surface area contributed by atoms with E-state index in [-0.39, 0.29) is 12.3 Å². The molecule has 22 heavy (non-hydrogen) atoms. The lowest BCUT2D eigenvalue weighted by Crippen LogP contribution is -2.67. The second-order valence-electron chi connectivity index (χ2n) is 4.86. The fourth-order valence-electron chi connectivity index (χ4n) is 2.24. The molecule has 1 saturated heterocycles. The normalized spacial score (nSPS) is 31.2. The number of hydrogen-bond acceptors (Lipinski definition) is 7. The van der Waals surface area contributed by atoms with Crippen molar-refractivity contribution in [2.45, 2.75) is 51.4 Å². The number of nitrogens with one attached hydrogen (secondary N) is 1. The second kappa shape index (κ2) is 7.75. The molecular formula is C13H20ClNO7. The van der Waals surface area contributed by atoms with E-state index in [0.29, 0.717) is 0 Å². The van der Waals surface area contributed by atoms with Gasteiger partial charge in [-0.2, -0.15) is 0 Å². The van der Waals surface area contributed by atoms with E-state index in [1.165, 1.54) is 21.0 Å². The molecule has 0 aromatic heterocycles. The van der Waals surface area contributed by atoms with E-state index in [2.05, 4.69) is 5.32 Å². The van der Waals surface area contributed by atoms with Crippen molar-refractivity contribution in [3.05, 3.63) is 0 Å². The average Bonchev–Trinajstić information content (AvgIpc) is 2.42. The van der Waals surface area contributed by atoms with Crippen molar-refractivity contribution >= 4 is 29.4 Å². The minimum absolute atomic E-state index is 0.108. The zero-order valence-corrected chi connectivity index (χ0v) is 13.6. The van der Waals surface area contributed by atoms with Gasteiger partial charge in [0.05, 0.1) is 6.10 Å². The third kappa shape index (κ3) is 4.56. The SMILES string of the molecule is CO[C@@]1(NC(=O)CCl)O[C@H](C)[C@H](OC(C)=O)C[C@@H]1OC(C)=O. The minimum Gasteiger partial charge on any atom is -0.460 e. The first-order valence-electron chi connectivity index (χ1n) is 6.68. The van der Waals surface area contributed by atoms with Crippen LogP contribution in [-0.2, 0) is 33.3 Å². The monoisotopic (exact) mass is 337 g/mol. The lowest BCUT2D eigenvalue weighted by molar-refractivity contribution is -0.339. The lowest BCUT2D eigenvalue weighted by Gasteiger charge is -2.46. The number of esters is 2. The summed E-state index contributed by atoms with van der Waals surface area (Å²) in [5.74, 6) is -3.64. The number of ether oxygens (including phenoxy) is 4. The van der Waals surface area contributed by atoms with Crippen LogP contribution < -0.4 is 5.32 Å². The molecule has 126 valence electrons. The van der Waals surface area contributed by atoms with E-state index in [0.717, 1.165) is 0 Å². The van der Waals surface area contributed by atoms with Crippen LogP contribution in [0.2, 0.25) is 0 Å². The van der Waals surface area contributed by atoms with Crippen LogP contribution in [-0.4, -0.2) is 55.1 Å². The molecule has 0 aliphatic carbocycles. The third-order valence-corrected chi connectivity index (χ3v) is 3.36. The Labute approximate surface area is 133 Å². The number of carbonyl (C=O) groups is 3. The molecule has 1 aliphatic heterocycles. The minimum atomic E-state index is -1.69. The van der Waals surface area contributed by atoms with Crippen molar-refractivity contribution in [1.82, 2.24) is 5.32 Å². The Morgan fingerprint density at radius 1 is 1.27 bits per heavy atom. The first-order chi connectivity index (χ1) is 10.2. The van der Waals surface area contributed by atoms with Gasteiger partial charge < -0.3 is 24.3 Å². The molecule has 4 atom stereocenters. The van der Waals surface area contributed by atoms with Crippen molar-refractivity contribution in [3.8, 4) is 0 Å². The van der Waals surface area contributed by atoms with Crippen LogP contribution in [0.5, 0.6) is 0 Å². The maximum Gasteiger partial charge on any atom is 0.303 e. The molecule has 1 N–H and O–H groups in total. The largest absolute Gasteiger partial charge is 0.460 e. The molecule has 0 bridgehead atoms. The molecule has 9 heteroatoms. The van der Waals surface area contributed by atoms with Gasteiger partial charge >= 0.3 is 11.9 Å². The van der Waals surface area contributed by atoms with Crippen molar-refractivity contribution < 1.29 is 33.3 Å². The number of amides is 1. The Hall–Kier alpha value is -1.38. The van der Waals surface area contributed by atoms with Gasteiger partial charge in [-0.3, -0.25) is 14.4 Å². The Morgan fingerprint density at radius 3 is 2.32 bits per heavy atom. The molecule has 0 aromatic rings. The first kappa shape index (κ1) is 18.7. The zero-order valence-electron chi connectivity index (χ0n) is 12.9. The Morgan fingerprint density at radius 2 is 1.86 bits per heavy atom. The summed E-state index contributed by atoms with van der Waals surface area (Å²) >= 11 is 5.48. The second-order valence-corrected chi connectivity index (χ2v) is 5.13. The summed E-state index contributed by atoms with van der Waals surface area (Å²) < 4.78 is 21.2. The predicted octanol–water partition coefficient (Wildman–Crippen LogP) is 0.314. The van der Waals surface area contributed by atoms with Crippen molar-refractivity contribution in [1.29, 1.82) is 0 Å². The summed E-state index contributed by atoms with van der Waals surface area (Å²) in [6.45, 7) is 4.13. The van der Waals surface area contributed by atoms with Crippen LogP contribution in [0.4, 0.5) is 0 Å². The smallest absolute Gasteiger partial charge is 0.303 e. The van der Waals surface area contributed by atoms with E-state index in [1.807, 2.05) is 0 Å². The Bertz CT molecular complexity index is 444. The summed E-state index contributed by atoms with van der Waals surface area (Å²) in [7, 11) is 1.30. The number of carbonyl (C=O) groups excluding carboxylic acids is 3. The summed E-state index contributed by atoms with van der Waals surface area (Å²) in [5.41, 5.74) is 0. The maximum atomic E-state index is 11.6. The fourth-order valence-corrected chi connectivity index (χ4v) is 2.30. The molecule has 0 aromatic carbocycles. The molecule has 1 heterocycles. The van der Waals surface area contributed by atoms with Crippen LogP contribution in [0.25, 0.3) is 0 Å². The molecule has 1 fully saturated rings. The number of alkyl halides is 1.